The molecule has 0 aliphatic heterocycles. The molecule has 0 radical (unpaired) electrons. The van der Waals surface area contributed by atoms with Crippen molar-refractivity contribution >= 4 is 17.6 Å². The van der Waals surface area contributed by atoms with Crippen LogP contribution in [0.1, 0.15) is 27.2 Å². The van der Waals surface area contributed by atoms with Crippen molar-refractivity contribution in [3.05, 3.63) is 0 Å². The fourth-order valence-corrected chi connectivity index (χ4v) is 1.08. The zero-order valence-corrected chi connectivity index (χ0v) is 7.31. The molecule has 0 bridgehead atoms. The van der Waals surface area contributed by atoms with E-state index in [0.29, 0.717) is 12.3 Å². The molecule has 0 amide bonds. The Balaban J connectivity index is 3.43. The Morgan fingerprint density at radius 1 is 1.60 bits per heavy atom. The number of hydrogen-bond donors (Lipinski definition) is 0. The third-order valence-corrected chi connectivity index (χ3v) is 1.22. The summed E-state index contributed by atoms with van der Waals surface area (Å²) >= 11 is 5.63. The predicted octanol–water partition coefficient (Wildman–Crippen LogP) is 2.16. The molecule has 1 unspecified atom stereocenters. The lowest BCUT2D eigenvalue weighted by molar-refractivity contribution is -0.143. The van der Waals surface area contributed by atoms with Gasteiger partial charge in [0, 0.05) is 13.3 Å². The van der Waals surface area contributed by atoms with Crippen LogP contribution in [0.2, 0.25) is 0 Å². The van der Waals surface area contributed by atoms with Gasteiger partial charge >= 0.3 is 5.97 Å². The Morgan fingerprint density at radius 3 is 2.40 bits per heavy atom. The molecule has 2 nitrogen and oxygen atoms in total. The van der Waals surface area contributed by atoms with Crippen LogP contribution in [-0.4, -0.2) is 11.5 Å². The maximum atomic E-state index is 10.3. The van der Waals surface area contributed by atoms with E-state index < -0.39 is 5.56 Å². The third kappa shape index (κ3) is 5.89. The van der Waals surface area contributed by atoms with E-state index in [9.17, 15) is 4.79 Å². The van der Waals surface area contributed by atoms with Crippen LogP contribution in [0.15, 0.2) is 0 Å². The molecule has 0 N–H and O–H groups in total. The van der Waals surface area contributed by atoms with E-state index in [0.717, 1.165) is 0 Å². The average Bonchev–Trinajstić information content (AvgIpc) is 1.58. The van der Waals surface area contributed by atoms with Gasteiger partial charge in [-0.05, 0) is 5.92 Å². The average molecular weight is 165 g/mol. The second kappa shape index (κ2) is 4.56. The van der Waals surface area contributed by atoms with Gasteiger partial charge in [-0.15, -0.1) is 0 Å². The summed E-state index contributed by atoms with van der Waals surface area (Å²) in [6, 6.07) is 0. The second-order valence-electron chi connectivity index (χ2n) is 2.65. The van der Waals surface area contributed by atoms with Crippen LogP contribution in [0, 0.1) is 5.92 Å². The lowest BCUT2D eigenvalue weighted by Crippen LogP contribution is -2.11. The maximum absolute atomic E-state index is 10.3. The lowest BCUT2D eigenvalue weighted by atomic mass is 10.1. The second-order valence-corrected chi connectivity index (χ2v) is 3.14. The van der Waals surface area contributed by atoms with Crippen LogP contribution >= 0.6 is 11.6 Å². The van der Waals surface area contributed by atoms with Gasteiger partial charge in [0.2, 0.25) is 0 Å². The first-order valence-electron chi connectivity index (χ1n) is 3.33. The number of alkyl halides is 1. The van der Waals surface area contributed by atoms with Crippen molar-refractivity contribution in [1.82, 2.24) is 0 Å². The van der Waals surface area contributed by atoms with Crippen LogP contribution in [0.25, 0.3) is 0 Å². The van der Waals surface area contributed by atoms with Gasteiger partial charge in [0.15, 0.2) is 5.56 Å². The van der Waals surface area contributed by atoms with Gasteiger partial charge in [0.25, 0.3) is 0 Å². The number of ether oxygens (including phenoxy) is 1. The first kappa shape index (κ1) is 9.76. The molecule has 0 spiro atoms. The number of hydrogen-bond acceptors (Lipinski definition) is 2. The predicted molar refractivity (Wildman–Crippen MR) is 40.9 cm³/mol. The molecule has 60 valence electrons. The van der Waals surface area contributed by atoms with Crippen molar-refractivity contribution < 1.29 is 9.53 Å². The highest BCUT2D eigenvalue weighted by atomic mass is 35.5. The molecule has 0 aliphatic rings. The molecule has 0 aromatic rings. The molecule has 10 heavy (non-hydrogen) atoms. The minimum absolute atomic E-state index is 0.319. The van der Waals surface area contributed by atoms with Crippen LogP contribution in [-0.2, 0) is 9.53 Å². The standard InChI is InChI=1S/C7H13ClO2/c1-5(2)4-7(8)10-6(3)9/h5,7H,4H2,1-3H3. The molecule has 0 saturated heterocycles. The topological polar surface area (TPSA) is 26.3 Å². The quantitative estimate of drug-likeness (QED) is 0.472. The molecule has 0 aliphatic carbocycles. The van der Waals surface area contributed by atoms with Gasteiger partial charge in [-0.2, -0.15) is 0 Å². The van der Waals surface area contributed by atoms with Gasteiger partial charge in [0.05, 0.1) is 0 Å². The summed E-state index contributed by atoms with van der Waals surface area (Å²) in [5.74, 6) is 0.141. The van der Waals surface area contributed by atoms with E-state index in [4.69, 9.17) is 11.6 Å². The van der Waals surface area contributed by atoms with Crippen molar-refractivity contribution in [3.63, 3.8) is 0 Å². The van der Waals surface area contributed by atoms with E-state index in [2.05, 4.69) is 4.74 Å². The largest absolute Gasteiger partial charge is 0.446 e. The van der Waals surface area contributed by atoms with Crippen molar-refractivity contribution in [3.8, 4) is 0 Å². The van der Waals surface area contributed by atoms with E-state index >= 15 is 0 Å². The molecular weight excluding hydrogens is 152 g/mol. The van der Waals surface area contributed by atoms with Crippen LogP contribution in [0.3, 0.4) is 0 Å². The van der Waals surface area contributed by atoms with Crippen LogP contribution < -0.4 is 0 Å². The molecule has 0 rings (SSSR count). The SMILES string of the molecule is CC(=O)OC(Cl)CC(C)C. The summed E-state index contributed by atoms with van der Waals surface area (Å²) < 4.78 is 4.69. The molecule has 0 heterocycles. The summed E-state index contributed by atoms with van der Waals surface area (Å²) in [7, 11) is 0. The number of carbonyl (C=O) groups is 1. The monoisotopic (exact) mass is 164 g/mol. The highest BCUT2D eigenvalue weighted by Crippen LogP contribution is 2.11. The molecule has 0 fully saturated rings. The smallest absolute Gasteiger partial charge is 0.304 e. The minimum atomic E-state index is -0.461. The summed E-state index contributed by atoms with van der Waals surface area (Å²) in [6.45, 7) is 5.41. The Hall–Kier alpha value is -0.240. The van der Waals surface area contributed by atoms with E-state index in [-0.39, 0.29) is 5.97 Å². The van der Waals surface area contributed by atoms with Gasteiger partial charge in [-0.25, -0.2) is 0 Å². The minimum Gasteiger partial charge on any atom is -0.446 e. The fraction of sp³-hybridized carbons (Fsp3) is 0.857. The van der Waals surface area contributed by atoms with E-state index in [1.165, 1.54) is 6.92 Å². The summed E-state index contributed by atoms with van der Waals surface area (Å²) in [5.41, 5.74) is -0.461. The number of carbonyl (C=O) groups excluding carboxylic acids is 1. The normalized spacial score (nSPS) is 13.3. The zero-order valence-electron chi connectivity index (χ0n) is 6.56. The van der Waals surface area contributed by atoms with Crippen molar-refractivity contribution in [2.75, 3.05) is 0 Å². The van der Waals surface area contributed by atoms with Gasteiger partial charge in [-0.1, -0.05) is 25.4 Å². The molecular formula is C7H13ClO2. The number of esters is 1. The van der Waals surface area contributed by atoms with Crippen molar-refractivity contribution in [2.24, 2.45) is 5.92 Å². The first-order chi connectivity index (χ1) is 4.52. The summed E-state index contributed by atoms with van der Waals surface area (Å²) in [4.78, 5) is 10.3. The molecule has 1 atom stereocenters. The van der Waals surface area contributed by atoms with Crippen molar-refractivity contribution in [1.29, 1.82) is 0 Å². The first-order valence-corrected chi connectivity index (χ1v) is 3.77. The number of rotatable bonds is 3. The highest BCUT2D eigenvalue weighted by molar-refractivity contribution is 6.20. The lowest BCUT2D eigenvalue weighted by Gasteiger charge is -2.10. The van der Waals surface area contributed by atoms with E-state index in [1.54, 1.807) is 0 Å². The maximum Gasteiger partial charge on any atom is 0.304 e. The molecule has 3 heteroatoms. The number of halogens is 1. The molecule has 0 saturated carbocycles. The van der Waals surface area contributed by atoms with Gasteiger partial charge in [0.1, 0.15) is 0 Å². The van der Waals surface area contributed by atoms with Crippen LogP contribution in [0.5, 0.6) is 0 Å². The fourth-order valence-electron chi connectivity index (χ4n) is 0.599. The van der Waals surface area contributed by atoms with Gasteiger partial charge in [-0.3, -0.25) is 4.79 Å². The summed E-state index contributed by atoms with van der Waals surface area (Å²) in [5, 5.41) is 0. The van der Waals surface area contributed by atoms with E-state index in [1.807, 2.05) is 13.8 Å². The Kier molecular flexibility index (Phi) is 4.45. The summed E-state index contributed by atoms with van der Waals surface area (Å²) in [6.07, 6.45) is 0.709. The Morgan fingerprint density at radius 2 is 2.10 bits per heavy atom. The van der Waals surface area contributed by atoms with Crippen LogP contribution in [0.4, 0.5) is 0 Å². The van der Waals surface area contributed by atoms with Gasteiger partial charge < -0.3 is 4.74 Å². The Labute approximate surface area is 66.5 Å². The van der Waals surface area contributed by atoms with Crippen molar-refractivity contribution in [2.45, 2.75) is 32.8 Å². The molecule has 0 aromatic carbocycles. The zero-order chi connectivity index (χ0) is 8.15. The molecule has 0 aromatic heterocycles. The third-order valence-electron chi connectivity index (χ3n) is 0.951. The Bertz CT molecular complexity index is 112. The highest BCUT2D eigenvalue weighted by Gasteiger charge is 2.08.